The lowest BCUT2D eigenvalue weighted by Gasteiger charge is -2.13. The van der Waals surface area contributed by atoms with Gasteiger partial charge in [-0.05, 0) is 71.5 Å². The van der Waals surface area contributed by atoms with Gasteiger partial charge in [0.2, 0.25) is 0 Å². The number of hydrogen-bond donors (Lipinski definition) is 1. The third-order valence-corrected chi connectivity index (χ3v) is 4.87. The zero-order valence-corrected chi connectivity index (χ0v) is 16.1. The van der Waals surface area contributed by atoms with Crippen LogP contribution in [0.25, 0.3) is 5.57 Å². The summed E-state index contributed by atoms with van der Waals surface area (Å²) in [6, 6.07) is 5.98. The molecule has 2 rings (SSSR count). The van der Waals surface area contributed by atoms with Gasteiger partial charge in [-0.3, -0.25) is 4.98 Å². The van der Waals surface area contributed by atoms with Crippen LogP contribution in [0.3, 0.4) is 0 Å². The Labute approximate surface area is 155 Å². The third kappa shape index (κ3) is 5.57. The van der Waals surface area contributed by atoms with Crippen LogP contribution in [0.1, 0.15) is 30.7 Å². The Bertz CT molecular complexity index is 794. The Morgan fingerprint density at radius 1 is 1.20 bits per heavy atom. The van der Waals surface area contributed by atoms with E-state index in [9.17, 15) is 0 Å². The average molecular weight is 351 g/mol. The fourth-order valence-electron chi connectivity index (χ4n) is 2.55. The van der Waals surface area contributed by atoms with Crippen LogP contribution in [-0.4, -0.2) is 11.5 Å². The van der Waals surface area contributed by atoms with Crippen molar-refractivity contribution in [3.8, 4) is 0 Å². The molecule has 1 N–H and O–H groups in total. The summed E-state index contributed by atoms with van der Waals surface area (Å²) < 4.78 is 0. The molecule has 0 atom stereocenters. The van der Waals surface area contributed by atoms with E-state index in [4.69, 9.17) is 0 Å². The van der Waals surface area contributed by atoms with Crippen LogP contribution in [-0.2, 0) is 6.42 Å². The second-order valence-corrected chi connectivity index (χ2v) is 6.90. The molecule has 0 unspecified atom stereocenters. The molecule has 0 amide bonds. The van der Waals surface area contributed by atoms with Crippen molar-refractivity contribution in [3.63, 3.8) is 0 Å². The van der Waals surface area contributed by atoms with Gasteiger partial charge in [0.05, 0.1) is 0 Å². The second kappa shape index (κ2) is 9.19. The van der Waals surface area contributed by atoms with E-state index in [-0.39, 0.29) is 0 Å². The summed E-state index contributed by atoms with van der Waals surface area (Å²) in [4.78, 5) is 4.34. The lowest BCUT2D eigenvalue weighted by atomic mass is 10.0. The predicted octanol–water partition coefficient (Wildman–Crippen LogP) is 5.70. The number of aryl methyl sites for hydroxylation is 1. The smallest absolute Gasteiger partial charge is 0.0421 e. The fraction of sp³-hybridized carbons (Fsp3) is 0.227. The molecule has 0 aromatic carbocycles. The highest BCUT2D eigenvalue weighted by atomic mass is 32.1. The monoisotopic (exact) mass is 350 g/mol. The van der Waals surface area contributed by atoms with Crippen molar-refractivity contribution in [3.05, 3.63) is 94.1 Å². The minimum Gasteiger partial charge on any atom is -0.385 e. The Hall–Kier alpha value is -2.39. The quantitative estimate of drug-likeness (QED) is 0.617. The molecular weight excluding hydrogens is 324 g/mol. The molecule has 0 bridgehead atoms. The number of thiophene rings is 1. The minimum absolute atomic E-state index is 0.798. The number of hydrogen-bond acceptors (Lipinski definition) is 3. The largest absolute Gasteiger partial charge is 0.385 e. The minimum atomic E-state index is 0.798. The van der Waals surface area contributed by atoms with Crippen molar-refractivity contribution in [1.29, 1.82) is 0 Å². The average Bonchev–Trinajstić information content (AvgIpc) is 3.01. The first kappa shape index (κ1) is 18.9. The molecule has 3 heteroatoms. The summed E-state index contributed by atoms with van der Waals surface area (Å²) in [7, 11) is 0. The molecule has 0 saturated heterocycles. The summed E-state index contributed by atoms with van der Waals surface area (Å²) in [5, 5.41) is 7.76. The summed E-state index contributed by atoms with van der Waals surface area (Å²) in [6.07, 6.45) is 6.94. The van der Waals surface area contributed by atoms with E-state index in [1.807, 2.05) is 31.3 Å². The molecule has 2 nitrogen and oxygen atoms in total. The third-order valence-electron chi connectivity index (χ3n) is 4.01. The van der Waals surface area contributed by atoms with Crippen molar-refractivity contribution in [2.24, 2.45) is 0 Å². The van der Waals surface area contributed by atoms with Crippen molar-refractivity contribution < 1.29 is 0 Å². The van der Waals surface area contributed by atoms with Crippen molar-refractivity contribution in [2.75, 3.05) is 6.54 Å². The molecule has 0 aliphatic rings. The van der Waals surface area contributed by atoms with Crippen LogP contribution in [0, 0.1) is 6.92 Å². The molecular formula is C22H26N2S. The van der Waals surface area contributed by atoms with E-state index in [0.717, 1.165) is 35.5 Å². The highest BCUT2D eigenvalue weighted by Gasteiger charge is 2.05. The van der Waals surface area contributed by atoms with Crippen LogP contribution in [0.4, 0.5) is 0 Å². The van der Waals surface area contributed by atoms with Crippen molar-refractivity contribution in [1.82, 2.24) is 10.3 Å². The molecule has 2 aromatic heterocycles. The van der Waals surface area contributed by atoms with Gasteiger partial charge in [-0.1, -0.05) is 31.4 Å². The molecule has 2 aromatic rings. The lowest BCUT2D eigenvalue weighted by Crippen LogP contribution is -2.18. The number of rotatable bonds is 8. The first-order chi connectivity index (χ1) is 12.0. The summed E-state index contributed by atoms with van der Waals surface area (Å²) in [5.41, 5.74) is 7.89. The number of pyridine rings is 1. The molecule has 130 valence electrons. The van der Waals surface area contributed by atoms with E-state index >= 15 is 0 Å². The molecule has 0 radical (unpaired) electrons. The van der Waals surface area contributed by atoms with Gasteiger partial charge in [-0.2, -0.15) is 11.3 Å². The van der Waals surface area contributed by atoms with Gasteiger partial charge in [0.1, 0.15) is 0 Å². The molecule has 25 heavy (non-hydrogen) atoms. The maximum Gasteiger partial charge on any atom is 0.0421 e. The molecule has 0 aliphatic carbocycles. The summed E-state index contributed by atoms with van der Waals surface area (Å²) in [5.74, 6) is 0. The van der Waals surface area contributed by atoms with Gasteiger partial charge in [-0.25, -0.2) is 0 Å². The van der Waals surface area contributed by atoms with E-state index < -0.39 is 0 Å². The first-order valence-corrected chi connectivity index (χ1v) is 9.34. The molecule has 0 aliphatic heterocycles. The Morgan fingerprint density at radius 3 is 2.60 bits per heavy atom. The molecule has 0 spiro atoms. The maximum atomic E-state index is 4.34. The number of allylic oxidation sites excluding steroid dienone is 4. The Balaban J connectivity index is 2.02. The fourth-order valence-corrected chi connectivity index (χ4v) is 3.45. The topological polar surface area (TPSA) is 24.9 Å². The first-order valence-electron chi connectivity index (χ1n) is 8.39. The van der Waals surface area contributed by atoms with Crippen LogP contribution in [0.15, 0.2) is 77.3 Å². The summed E-state index contributed by atoms with van der Waals surface area (Å²) in [6.45, 7) is 15.4. The van der Waals surface area contributed by atoms with Gasteiger partial charge in [0, 0.05) is 30.6 Å². The normalized spacial score (nSPS) is 12.1. The standard InChI is InChI=1S/C22H26N2S/c1-16(2)21(10-9-17(3)22-15-25-14-18(22)4)19(5)23-13-11-20-8-6-7-12-24-20/h6-10,12,14-15,23H,1,5,11,13H2,2-4H3/b17-9+,21-10-. The van der Waals surface area contributed by atoms with Crippen LogP contribution >= 0.6 is 11.3 Å². The number of aromatic nitrogens is 1. The van der Waals surface area contributed by atoms with Crippen LogP contribution < -0.4 is 5.32 Å². The van der Waals surface area contributed by atoms with Gasteiger partial charge in [0.25, 0.3) is 0 Å². The number of nitrogens with zero attached hydrogens (tertiary/aromatic N) is 1. The molecule has 0 fully saturated rings. The van der Waals surface area contributed by atoms with Gasteiger partial charge in [-0.15, -0.1) is 0 Å². The van der Waals surface area contributed by atoms with Crippen molar-refractivity contribution in [2.45, 2.75) is 27.2 Å². The van der Waals surface area contributed by atoms with Crippen LogP contribution in [0.5, 0.6) is 0 Å². The zero-order valence-electron chi connectivity index (χ0n) is 15.3. The zero-order chi connectivity index (χ0) is 18.2. The molecule has 2 heterocycles. The van der Waals surface area contributed by atoms with Gasteiger partial charge >= 0.3 is 0 Å². The van der Waals surface area contributed by atoms with Gasteiger partial charge in [0.15, 0.2) is 0 Å². The van der Waals surface area contributed by atoms with E-state index in [1.165, 1.54) is 16.7 Å². The van der Waals surface area contributed by atoms with E-state index in [0.29, 0.717) is 0 Å². The highest BCUT2D eigenvalue weighted by Crippen LogP contribution is 2.23. The Morgan fingerprint density at radius 2 is 2.00 bits per heavy atom. The van der Waals surface area contributed by atoms with E-state index in [1.54, 1.807) is 11.3 Å². The molecule has 0 saturated carbocycles. The maximum absolute atomic E-state index is 4.34. The SMILES string of the molecule is C=C(C)/C(=C/C=C(\C)c1cscc1C)C(=C)NCCc1ccccn1. The van der Waals surface area contributed by atoms with Gasteiger partial charge < -0.3 is 5.32 Å². The van der Waals surface area contributed by atoms with E-state index in [2.05, 4.69) is 60.2 Å². The summed E-state index contributed by atoms with van der Waals surface area (Å²) >= 11 is 1.74. The Kier molecular flexibility index (Phi) is 6.96. The second-order valence-electron chi connectivity index (χ2n) is 6.16. The lowest BCUT2D eigenvalue weighted by molar-refractivity contribution is 0.783. The van der Waals surface area contributed by atoms with Crippen LogP contribution in [0.2, 0.25) is 0 Å². The predicted molar refractivity (Wildman–Crippen MR) is 111 cm³/mol. The number of nitrogens with one attached hydrogen (secondary N) is 1. The van der Waals surface area contributed by atoms with Crippen molar-refractivity contribution >= 4 is 16.9 Å². The highest BCUT2D eigenvalue weighted by molar-refractivity contribution is 7.08.